The van der Waals surface area contributed by atoms with Crippen molar-refractivity contribution in [2.45, 2.75) is 58.0 Å². The number of anilines is 1. The molecule has 9 nitrogen and oxygen atoms in total. The van der Waals surface area contributed by atoms with Gasteiger partial charge in [-0.05, 0) is 80.6 Å². The van der Waals surface area contributed by atoms with Crippen LogP contribution >= 0.6 is 0 Å². The highest BCUT2D eigenvalue weighted by molar-refractivity contribution is 5.88. The summed E-state index contributed by atoms with van der Waals surface area (Å²) >= 11 is 0. The molecule has 0 aliphatic carbocycles. The van der Waals surface area contributed by atoms with E-state index < -0.39 is 5.60 Å². The van der Waals surface area contributed by atoms with E-state index in [4.69, 9.17) is 14.5 Å². The molecule has 1 fully saturated rings. The first kappa shape index (κ1) is 27.3. The van der Waals surface area contributed by atoms with E-state index in [0.29, 0.717) is 19.6 Å². The van der Waals surface area contributed by atoms with E-state index in [1.807, 2.05) is 29.1 Å². The first-order chi connectivity index (χ1) is 19.9. The summed E-state index contributed by atoms with van der Waals surface area (Å²) in [4.78, 5) is 5.12. The zero-order valence-corrected chi connectivity index (χ0v) is 23.9. The van der Waals surface area contributed by atoms with Gasteiger partial charge in [0.2, 0.25) is 0 Å². The number of fused-ring (bicyclic) bond motifs is 3. The Morgan fingerprint density at radius 3 is 2.63 bits per heavy atom. The topological polar surface area (TPSA) is 97.9 Å². The Balaban J connectivity index is 1.37. The fraction of sp³-hybridized carbons (Fsp3) is 0.375. The molecule has 0 amide bonds. The van der Waals surface area contributed by atoms with Crippen LogP contribution in [0.3, 0.4) is 0 Å². The minimum atomic E-state index is -0.774. The number of benzene rings is 2. The van der Waals surface area contributed by atoms with Crippen molar-refractivity contribution in [2.24, 2.45) is 0 Å². The largest absolute Gasteiger partial charge is 0.497 e. The summed E-state index contributed by atoms with van der Waals surface area (Å²) in [6, 6.07) is 18.6. The standard InChI is InChI=1S/C32H38N6O3/c1-32(2,39)21-33-18-23-16-29-31(34-19-22-7-10-25(40-3)11-8-22)36-26-17-24(9-12-28(26)37(29)20-23)27-13-14-35-38(27)30-6-4-5-15-41-30/h7-14,16-17,20,30,33,39H,4-6,15,18-19,21H2,1-3H3,(H,34,36). The fourth-order valence-corrected chi connectivity index (χ4v) is 5.41. The van der Waals surface area contributed by atoms with Crippen molar-refractivity contribution in [2.75, 3.05) is 25.6 Å². The fourth-order valence-electron chi connectivity index (χ4n) is 5.41. The van der Waals surface area contributed by atoms with Crippen LogP contribution < -0.4 is 15.4 Å². The molecule has 1 aliphatic heterocycles. The molecule has 214 valence electrons. The Labute approximate surface area is 240 Å². The number of aliphatic hydroxyl groups is 1. The summed E-state index contributed by atoms with van der Waals surface area (Å²) in [5.41, 5.74) is 6.46. The second-order valence-electron chi connectivity index (χ2n) is 11.4. The summed E-state index contributed by atoms with van der Waals surface area (Å²) in [6.07, 6.45) is 7.16. The predicted molar refractivity (Wildman–Crippen MR) is 161 cm³/mol. The summed E-state index contributed by atoms with van der Waals surface area (Å²) in [5, 5.41) is 21.7. The molecule has 3 N–H and O–H groups in total. The molecule has 9 heteroatoms. The molecular formula is C32H38N6O3. The van der Waals surface area contributed by atoms with Crippen LogP contribution in [0, 0.1) is 0 Å². The Morgan fingerprint density at radius 1 is 1.02 bits per heavy atom. The van der Waals surface area contributed by atoms with Crippen molar-refractivity contribution >= 4 is 22.4 Å². The molecule has 6 rings (SSSR count). The number of nitrogens with one attached hydrogen (secondary N) is 2. The van der Waals surface area contributed by atoms with E-state index in [1.54, 1.807) is 21.0 Å². The van der Waals surface area contributed by atoms with Crippen LogP contribution in [0.15, 0.2) is 67.0 Å². The molecule has 1 atom stereocenters. The van der Waals surface area contributed by atoms with Gasteiger partial charge in [0.1, 0.15) is 5.75 Å². The molecule has 1 unspecified atom stereocenters. The van der Waals surface area contributed by atoms with E-state index in [9.17, 15) is 5.11 Å². The number of hydrogen-bond acceptors (Lipinski definition) is 7. The molecule has 41 heavy (non-hydrogen) atoms. The van der Waals surface area contributed by atoms with E-state index in [0.717, 1.165) is 76.4 Å². The molecule has 1 aliphatic rings. The van der Waals surface area contributed by atoms with Crippen molar-refractivity contribution in [3.8, 4) is 17.0 Å². The quantitative estimate of drug-likeness (QED) is 0.209. The minimum absolute atomic E-state index is 0.0370. The summed E-state index contributed by atoms with van der Waals surface area (Å²) < 4.78 is 15.5. The Morgan fingerprint density at radius 2 is 1.88 bits per heavy atom. The van der Waals surface area contributed by atoms with Crippen LogP contribution in [0.4, 0.5) is 5.82 Å². The molecule has 0 radical (unpaired) electrons. The third-order valence-corrected chi connectivity index (χ3v) is 7.49. The zero-order valence-electron chi connectivity index (χ0n) is 23.9. The van der Waals surface area contributed by atoms with E-state index in [2.05, 4.69) is 62.7 Å². The molecule has 1 saturated heterocycles. The van der Waals surface area contributed by atoms with Crippen LogP contribution in [0.5, 0.6) is 5.75 Å². The predicted octanol–water partition coefficient (Wildman–Crippen LogP) is 5.53. The molecular weight excluding hydrogens is 516 g/mol. The van der Waals surface area contributed by atoms with E-state index in [-0.39, 0.29) is 6.23 Å². The van der Waals surface area contributed by atoms with Crippen LogP contribution in [-0.4, -0.2) is 50.1 Å². The number of hydrogen-bond donors (Lipinski definition) is 3. The van der Waals surface area contributed by atoms with Gasteiger partial charge in [0, 0.05) is 44.2 Å². The molecule has 3 aromatic heterocycles. The average Bonchev–Trinajstić information content (AvgIpc) is 3.64. The Bertz CT molecular complexity index is 1630. The smallest absolute Gasteiger partial charge is 0.151 e. The number of nitrogens with zero attached hydrogens (tertiary/aromatic N) is 4. The van der Waals surface area contributed by atoms with Crippen LogP contribution in [0.1, 0.15) is 50.5 Å². The van der Waals surface area contributed by atoms with Gasteiger partial charge < -0.3 is 29.6 Å². The highest BCUT2D eigenvalue weighted by atomic mass is 16.5. The second-order valence-corrected chi connectivity index (χ2v) is 11.4. The molecule has 0 saturated carbocycles. The maximum absolute atomic E-state index is 10.1. The number of aromatic nitrogens is 4. The van der Waals surface area contributed by atoms with Crippen molar-refractivity contribution in [3.05, 3.63) is 78.1 Å². The monoisotopic (exact) mass is 554 g/mol. The lowest BCUT2D eigenvalue weighted by Gasteiger charge is -2.24. The number of methoxy groups -OCH3 is 1. The summed E-state index contributed by atoms with van der Waals surface area (Å²) in [7, 11) is 1.67. The van der Waals surface area contributed by atoms with Crippen molar-refractivity contribution in [3.63, 3.8) is 0 Å². The van der Waals surface area contributed by atoms with Crippen LogP contribution in [0.2, 0.25) is 0 Å². The van der Waals surface area contributed by atoms with Crippen molar-refractivity contribution in [1.29, 1.82) is 0 Å². The van der Waals surface area contributed by atoms with Crippen molar-refractivity contribution in [1.82, 2.24) is 24.5 Å². The van der Waals surface area contributed by atoms with Gasteiger partial charge in [-0.3, -0.25) is 0 Å². The molecule has 4 heterocycles. The lowest BCUT2D eigenvalue weighted by Crippen LogP contribution is -2.34. The molecule has 0 bridgehead atoms. The van der Waals surface area contributed by atoms with Gasteiger partial charge in [-0.25, -0.2) is 9.67 Å². The SMILES string of the molecule is COc1ccc(CNc2nc3cc(-c4ccnn4C4CCCCO4)ccc3n3cc(CNCC(C)(C)O)cc23)cc1. The third kappa shape index (κ3) is 6.07. The first-order valence-electron chi connectivity index (χ1n) is 14.3. The molecule has 0 spiro atoms. The zero-order chi connectivity index (χ0) is 28.4. The summed E-state index contributed by atoms with van der Waals surface area (Å²) in [5.74, 6) is 1.64. The van der Waals surface area contributed by atoms with Gasteiger partial charge in [0.25, 0.3) is 0 Å². The lowest BCUT2D eigenvalue weighted by atomic mass is 10.1. The average molecular weight is 555 g/mol. The van der Waals surface area contributed by atoms with Crippen molar-refractivity contribution < 1.29 is 14.6 Å². The third-order valence-electron chi connectivity index (χ3n) is 7.49. The molecule has 2 aromatic carbocycles. The Kier molecular flexibility index (Phi) is 7.66. The number of ether oxygens (including phenoxy) is 2. The van der Waals surface area contributed by atoms with Gasteiger partial charge in [0.05, 0.1) is 35.0 Å². The minimum Gasteiger partial charge on any atom is -0.497 e. The van der Waals surface area contributed by atoms with E-state index in [1.165, 1.54) is 0 Å². The first-order valence-corrected chi connectivity index (χ1v) is 14.3. The van der Waals surface area contributed by atoms with Gasteiger partial charge in [0.15, 0.2) is 12.0 Å². The summed E-state index contributed by atoms with van der Waals surface area (Å²) in [6.45, 7) is 6.15. The van der Waals surface area contributed by atoms with Gasteiger partial charge in [-0.1, -0.05) is 18.2 Å². The van der Waals surface area contributed by atoms with E-state index >= 15 is 0 Å². The maximum Gasteiger partial charge on any atom is 0.151 e. The van der Waals surface area contributed by atoms with Crippen LogP contribution in [0.25, 0.3) is 27.8 Å². The normalized spacial score (nSPS) is 16.0. The Hall–Kier alpha value is -3.92. The maximum atomic E-state index is 10.1. The van der Waals surface area contributed by atoms with Gasteiger partial charge >= 0.3 is 0 Å². The second kappa shape index (κ2) is 11.5. The van der Waals surface area contributed by atoms with Crippen LogP contribution in [-0.2, 0) is 17.8 Å². The number of rotatable bonds is 10. The van der Waals surface area contributed by atoms with Gasteiger partial charge in [-0.15, -0.1) is 0 Å². The van der Waals surface area contributed by atoms with Gasteiger partial charge in [-0.2, -0.15) is 5.10 Å². The molecule has 5 aromatic rings. The highest BCUT2D eigenvalue weighted by Gasteiger charge is 2.20. The highest BCUT2D eigenvalue weighted by Crippen LogP contribution is 2.32. The lowest BCUT2D eigenvalue weighted by molar-refractivity contribution is -0.0383.